The van der Waals surface area contributed by atoms with Crippen molar-refractivity contribution in [3.05, 3.63) is 28.8 Å². The number of nitrogens with zero attached hydrogens (tertiary/aromatic N) is 1. The molecule has 1 N–H and O–H groups in total. The van der Waals surface area contributed by atoms with Gasteiger partial charge in [-0.15, -0.1) is 0 Å². The predicted molar refractivity (Wildman–Crippen MR) is 133 cm³/mol. The molecule has 0 aliphatic carbocycles. The molecule has 0 spiro atoms. The van der Waals surface area contributed by atoms with E-state index in [0.717, 1.165) is 29.5 Å². The minimum atomic E-state index is -0.387. The van der Waals surface area contributed by atoms with Crippen molar-refractivity contribution in [3.63, 3.8) is 0 Å². The number of esters is 1. The molecule has 32 heavy (non-hydrogen) atoms. The molecule has 4 nitrogen and oxygen atoms in total. The minimum absolute atomic E-state index is 0.0231. The average Bonchev–Trinajstić information content (AvgIpc) is 2.61. The van der Waals surface area contributed by atoms with E-state index in [1.807, 2.05) is 6.92 Å². The molecule has 0 amide bonds. The molecular formula is C28H47NO3. The van der Waals surface area contributed by atoms with E-state index >= 15 is 0 Å². The summed E-state index contributed by atoms with van der Waals surface area (Å²) >= 11 is 0. The van der Waals surface area contributed by atoms with Gasteiger partial charge in [0.25, 0.3) is 0 Å². The number of likely N-dealkylation sites (tertiary alicyclic amines) is 1. The summed E-state index contributed by atoms with van der Waals surface area (Å²) in [6.45, 7) is 24.3. The van der Waals surface area contributed by atoms with Crippen LogP contribution in [0.15, 0.2) is 12.1 Å². The van der Waals surface area contributed by atoms with Gasteiger partial charge in [-0.2, -0.15) is 0 Å². The van der Waals surface area contributed by atoms with Gasteiger partial charge >= 0.3 is 5.97 Å². The van der Waals surface area contributed by atoms with Crippen LogP contribution in [0.2, 0.25) is 0 Å². The molecule has 0 bridgehead atoms. The second-order valence-corrected chi connectivity index (χ2v) is 12.9. The van der Waals surface area contributed by atoms with Crippen molar-refractivity contribution in [2.24, 2.45) is 0 Å². The maximum absolute atomic E-state index is 12.5. The molecular weight excluding hydrogens is 398 g/mol. The van der Waals surface area contributed by atoms with E-state index in [0.29, 0.717) is 18.7 Å². The number of benzene rings is 1. The number of carbonyl (C=O) groups excluding carboxylic acids is 1. The standard InChI is InChI=1S/C28H47NO3/c1-12-23(30)32-22(18-29-27(8,9)14-13-15-28(29,10)11)19-16-20(25(2,3)4)24(31)21(17-19)26(5,6)7/h16-17,22,31H,12-15,18H2,1-11H3. The van der Waals surface area contributed by atoms with Crippen molar-refractivity contribution in [2.45, 2.75) is 130 Å². The number of phenols is 1. The Morgan fingerprint density at radius 3 is 1.81 bits per heavy atom. The second-order valence-electron chi connectivity index (χ2n) is 12.9. The summed E-state index contributed by atoms with van der Waals surface area (Å²) in [7, 11) is 0. The maximum Gasteiger partial charge on any atom is 0.306 e. The molecule has 1 saturated heterocycles. The predicted octanol–water partition coefficient (Wildman–Crippen LogP) is 7.02. The summed E-state index contributed by atoms with van der Waals surface area (Å²) in [5.74, 6) is 0.165. The lowest BCUT2D eigenvalue weighted by Gasteiger charge is -2.53. The zero-order chi connectivity index (χ0) is 24.7. The summed E-state index contributed by atoms with van der Waals surface area (Å²) in [4.78, 5) is 15.0. The van der Waals surface area contributed by atoms with Crippen LogP contribution in [0, 0.1) is 0 Å². The van der Waals surface area contributed by atoms with E-state index in [-0.39, 0.29) is 34.0 Å². The van der Waals surface area contributed by atoms with E-state index < -0.39 is 0 Å². The highest BCUT2D eigenvalue weighted by atomic mass is 16.5. The van der Waals surface area contributed by atoms with Crippen LogP contribution in [0.25, 0.3) is 0 Å². The number of carbonyl (C=O) groups is 1. The Morgan fingerprint density at radius 2 is 1.44 bits per heavy atom. The Labute approximate surface area is 196 Å². The fraction of sp³-hybridized carbons (Fsp3) is 0.750. The molecule has 0 saturated carbocycles. The molecule has 1 atom stereocenters. The van der Waals surface area contributed by atoms with Crippen LogP contribution in [0.1, 0.15) is 125 Å². The Balaban J connectivity index is 2.66. The van der Waals surface area contributed by atoms with E-state index in [1.165, 1.54) is 6.42 Å². The first-order valence-corrected chi connectivity index (χ1v) is 12.3. The van der Waals surface area contributed by atoms with E-state index in [9.17, 15) is 9.90 Å². The fourth-order valence-corrected chi connectivity index (χ4v) is 5.14. The minimum Gasteiger partial charge on any atom is -0.507 e. The second kappa shape index (κ2) is 9.00. The first kappa shape index (κ1) is 26.7. The Hall–Kier alpha value is -1.55. The van der Waals surface area contributed by atoms with E-state index in [4.69, 9.17) is 4.74 Å². The van der Waals surface area contributed by atoms with Crippen LogP contribution in [0.4, 0.5) is 0 Å². The van der Waals surface area contributed by atoms with E-state index in [2.05, 4.69) is 86.3 Å². The Kier molecular flexibility index (Phi) is 7.51. The SMILES string of the molecule is CCC(=O)OC(CN1C(C)(C)CCCC1(C)C)c1cc(C(C)(C)C)c(O)c(C(C)(C)C)c1. The van der Waals surface area contributed by atoms with E-state index in [1.54, 1.807) is 0 Å². The van der Waals surface area contributed by atoms with Crippen LogP contribution in [0.5, 0.6) is 5.75 Å². The van der Waals surface area contributed by atoms with Crippen LogP contribution in [0.3, 0.4) is 0 Å². The maximum atomic E-state index is 12.5. The average molecular weight is 446 g/mol. The van der Waals surface area contributed by atoms with Gasteiger partial charge < -0.3 is 9.84 Å². The van der Waals surface area contributed by atoms with Gasteiger partial charge in [-0.3, -0.25) is 9.69 Å². The fourth-order valence-electron chi connectivity index (χ4n) is 5.14. The lowest BCUT2D eigenvalue weighted by Crippen LogP contribution is -2.59. The molecule has 1 aromatic carbocycles. The highest BCUT2D eigenvalue weighted by Crippen LogP contribution is 2.43. The van der Waals surface area contributed by atoms with Crippen molar-refractivity contribution < 1.29 is 14.6 Å². The normalized spacial score (nSPS) is 20.1. The van der Waals surface area contributed by atoms with Crippen molar-refractivity contribution in [1.82, 2.24) is 4.90 Å². The van der Waals surface area contributed by atoms with Crippen molar-refractivity contribution >= 4 is 5.97 Å². The van der Waals surface area contributed by atoms with Crippen LogP contribution in [-0.4, -0.2) is 33.6 Å². The third-order valence-corrected chi connectivity index (χ3v) is 7.07. The molecule has 1 aliphatic rings. The Bertz CT molecular complexity index is 773. The topological polar surface area (TPSA) is 49.8 Å². The zero-order valence-corrected chi connectivity index (χ0v) is 22.5. The largest absolute Gasteiger partial charge is 0.507 e. The Morgan fingerprint density at radius 1 is 1.00 bits per heavy atom. The summed E-state index contributed by atoms with van der Waals surface area (Å²) in [5.41, 5.74) is 2.34. The van der Waals surface area contributed by atoms with Gasteiger partial charge in [0.15, 0.2) is 0 Å². The number of hydrogen-bond donors (Lipinski definition) is 1. The summed E-state index contributed by atoms with van der Waals surface area (Å²) < 4.78 is 6.09. The summed E-state index contributed by atoms with van der Waals surface area (Å²) in [6, 6.07) is 4.12. The third kappa shape index (κ3) is 5.87. The number of ether oxygens (including phenoxy) is 1. The first-order chi connectivity index (χ1) is 14.4. The van der Waals surface area contributed by atoms with Gasteiger partial charge in [0, 0.05) is 24.0 Å². The van der Waals surface area contributed by atoms with Crippen molar-refractivity contribution in [3.8, 4) is 5.75 Å². The van der Waals surface area contributed by atoms with Crippen LogP contribution < -0.4 is 0 Å². The van der Waals surface area contributed by atoms with Crippen molar-refractivity contribution in [1.29, 1.82) is 0 Å². The van der Waals surface area contributed by atoms with Gasteiger partial charge in [-0.05, 0) is 86.6 Å². The molecule has 0 radical (unpaired) electrons. The number of aromatic hydroxyl groups is 1. The smallest absolute Gasteiger partial charge is 0.306 e. The van der Waals surface area contributed by atoms with Gasteiger partial charge in [-0.25, -0.2) is 0 Å². The summed E-state index contributed by atoms with van der Waals surface area (Å²) in [5, 5.41) is 11.2. The summed E-state index contributed by atoms with van der Waals surface area (Å²) in [6.07, 6.45) is 3.42. The lowest BCUT2D eigenvalue weighted by molar-refractivity contribution is -0.153. The van der Waals surface area contributed by atoms with Gasteiger partial charge in [0.05, 0.1) is 0 Å². The monoisotopic (exact) mass is 445 g/mol. The zero-order valence-electron chi connectivity index (χ0n) is 22.5. The highest BCUT2D eigenvalue weighted by Gasteiger charge is 2.43. The molecule has 1 aromatic rings. The van der Waals surface area contributed by atoms with Gasteiger partial charge in [0.1, 0.15) is 11.9 Å². The molecule has 1 heterocycles. The van der Waals surface area contributed by atoms with Crippen LogP contribution in [-0.2, 0) is 20.4 Å². The molecule has 182 valence electrons. The van der Waals surface area contributed by atoms with Crippen molar-refractivity contribution in [2.75, 3.05) is 6.54 Å². The quantitative estimate of drug-likeness (QED) is 0.495. The van der Waals surface area contributed by atoms with Gasteiger partial charge in [-0.1, -0.05) is 48.5 Å². The lowest BCUT2D eigenvalue weighted by atomic mass is 9.77. The molecule has 1 aliphatic heterocycles. The highest BCUT2D eigenvalue weighted by molar-refractivity contribution is 5.69. The molecule has 0 aromatic heterocycles. The third-order valence-electron chi connectivity index (χ3n) is 7.07. The van der Waals surface area contributed by atoms with Gasteiger partial charge in [0.2, 0.25) is 0 Å². The van der Waals surface area contributed by atoms with Crippen LogP contribution >= 0.6 is 0 Å². The molecule has 2 rings (SSSR count). The first-order valence-electron chi connectivity index (χ1n) is 12.3. The molecule has 1 unspecified atom stereocenters. The molecule has 4 heteroatoms. The number of piperidine rings is 1. The number of phenolic OH excluding ortho intramolecular Hbond substituents is 1. The number of hydrogen-bond acceptors (Lipinski definition) is 4. The molecule has 1 fully saturated rings. The number of rotatable bonds is 5.